The number of nitrogens with zero attached hydrogens (tertiary/aromatic N) is 1. The zero-order valence-electron chi connectivity index (χ0n) is 15.2. The molecule has 2 aromatic carbocycles. The first-order valence-electron chi connectivity index (χ1n) is 8.58. The molecule has 0 fully saturated rings. The van der Waals surface area contributed by atoms with Gasteiger partial charge in [0.15, 0.2) is 0 Å². The van der Waals surface area contributed by atoms with E-state index in [0.29, 0.717) is 17.3 Å². The molecule has 0 radical (unpaired) electrons. The first-order chi connectivity index (χ1) is 12.4. The fraction of sp³-hybridized carbons (Fsp3) is 0.350. The van der Waals surface area contributed by atoms with Crippen LogP contribution in [-0.4, -0.2) is 30.0 Å². The molecule has 0 aromatic heterocycles. The third-order valence-corrected chi connectivity index (χ3v) is 4.06. The van der Waals surface area contributed by atoms with Crippen LogP contribution in [0.4, 0.5) is 14.5 Å². The maximum atomic E-state index is 12.3. The number of ether oxygens (including phenoxy) is 1. The van der Waals surface area contributed by atoms with E-state index in [1.807, 2.05) is 12.1 Å². The number of alkyl halides is 2. The highest BCUT2D eigenvalue weighted by molar-refractivity contribution is 6.04. The van der Waals surface area contributed by atoms with E-state index in [0.717, 1.165) is 18.7 Å². The van der Waals surface area contributed by atoms with Crippen molar-refractivity contribution < 1.29 is 18.3 Å². The van der Waals surface area contributed by atoms with Crippen LogP contribution < -0.4 is 10.1 Å². The molecule has 2 rings (SSSR count). The van der Waals surface area contributed by atoms with Crippen LogP contribution in [0.5, 0.6) is 5.75 Å². The molecule has 0 saturated heterocycles. The molecular formula is C20H24F2N2O2. The van der Waals surface area contributed by atoms with Crippen molar-refractivity contribution in [2.24, 2.45) is 0 Å². The lowest BCUT2D eigenvalue weighted by atomic mass is 10.1. The summed E-state index contributed by atoms with van der Waals surface area (Å²) in [5.74, 6) is -0.302. The molecule has 0 bridgehead atoms. The van der Waals surface area contributed by atoms with E-state index in [-0.39, 0.29) is 11.7 Å². The number of halogens is 2. The van der Waals surface area contributed by atoms with Gasteiger partial charge in [-0.15, -0.1) is 0 Å². The number of hydrogen-bond donors (Lipinski definition) is 1. The Bertz CT molecular complexity index is 718. The Hall–Kier alpha value is -2.47. The lowest BCUT2D eigenvalue weighted by Gasteiger charge is -2.24. The fourth-order valence-electron chi connectivity index (χ4n) is 2.61. The zero-order valence-corrected chi connectivity index (χ0v) is 15.2. The minimum atomic E-state index is -2.90. The summed E-state index contributed by atoms with van der Waals surface area (Å²) in [4.78, 5) is 14.7. The topological polar surface area (TPSA) is 41.6 Å². The highest BCUT2D eigenvalue weighted by Gasteiger charge is 2.11. The van der Waals surface area contributed by atoms with Crippen molar-refractivity contribution in [1.29, 1.82) is 0 Å². The Morgan fingerprint density at radius 3 is 2.42 bits per heavy atom. The minimum absolute atomic E-state index is 0.00138. The van der Waals surface area contributed by atoms with Gasteiger partial charge in [0.25, 0.3) is 5.91 Å². The van der Waals surface area contributed by atoms with Gasteiger partial charge < -0.3 is 10.1 Å². The van der Waals surface area contributed by atoms with E-state index in [1.165, 1.54) is 12.1 Å². The average Bonchev–Trinajstić information content (AvgIpc) is 2.59. The zero-order chi connectivity index (χ0) is 19.1. The Balaban J connectivity index is 2.02. The summed E-state index contributed by atoms with van der Waals surface area (Å²) < 4.78 is 28.9. The van der Waals surface area contributed by atoms with Crippen LogP contribution in [-0.2, 0) is 6.54 Å². The summed E-state index contributed by atoms with van der Waals surface area (Å²) in [5, 5.41) is 2.69. The van der Waals surface area contributed by atoms with Crippen molar-refractivity contribution in [3.05, 3.63) is 59.7 Å². The molecular weight excluding hydrogens is 338 g/mol. The van der Waals surface area contributed by atoms with Crippen LogP contribution in [0.3, 0.4) is 0 Å². The molecule has 4 nitrogen and oxygen atoms in total. The summed E-state index contributed by atoms with van der Waals surface area (Å²) >= 11 is 0. The second kappa shape index (κ2) is 9.29. The number of hydrogen-bond acceptors (Lipinski definition) is 3. The predicted octanol–water partition coefficient (Wildman–Crippen LogP) is 4.77. The van der Waals surface area contributed by atoms with Gasteiger partial charge in [0.1, 0.15) is 5.75 Å². The summed E-state index contributed by atoms with van der Waals surface area (Å²) in [6, 6.07) is 13.8. The molecule has 26 heavy (non-hydrogen) atoms. The molecule has 6 heteroatoms. The van der Waals surface area contributed by atoms with Crippen molar-refractivity contribution in [2.75, 3.05) is 11.9 Å². The molecule has 0 unspecified atom stereocenters. The first kappa shape index (κ1) is 19.8. The molecule has 0 heterocycles. The number of carbonyl (C=O) groups excluding carboxylic acids is 1. The van der Waals surface area contributed by atoms with Crippen LogP contribution in [0, 0.1) is 0 Å². The highest BCUT2D eigenvalue weighted by atomic mass is 19.3. The van der Waals surface area contributed by atoms with Gasteiger partial charge in [-0.2, -0.15) is 8.78 Å². The number of rotatable bonds is 8. The van der Waals surface area contributed by atoms with Gasteiger partial charge in [-0.3, -0.25) is 9.69 Å². The van der Waals surface area contributed by atoms with Crippen molar-refractivity contribution in [1.82, 2.24) is 4.90 Å². The maximum absolute atomic E-state index is 12.3. The lowest BCUT2D eigenvalue weighted by Crippen LogP contribution is -2.29. The van der Waals surface area contributed by atoms with Gasteiger partial charge in [0, 0.05) is 29.9 Å². The molecule has 0 saturated carbocycles. The Labute approximate surface area is 152 Å². The number of amides is 1. The monoisotopic (exact) mass is 362 g/mol. The summed E-state index contributed by atoms with van der Waals surface area (Å²) in [7, 11) is 0. The number of benzene rings is 2. The molecule has 0 aliphatic rings. The maximum Gasteiger partial charge on any atom is 0.387 e. The van der Waals surface area contributed by atoms with Gasteiger partial charge >= 0.3 is 6.61 Å². The Morgan fingerprint density at radius 2 is 1.85 bits per heavy atom. The van der Waals surface area contributed by atoms with E-state index in [2.05, 4.69) is 35.7 Å². The molecule has 1 N–H and O–H groups in total. The first-order valence-corrected chi connectivity index (χ1v) is 8.58. The largest absolute Gasteiger partial charge is 0.435 e. The van der Waals surface area contributed by atoms with E-state index in [4.69, 9.17) is 0 Å². The molecule has 0 spiro atoms. The van der Waals surface area contributed by atoms with E-state index < -0.39 is 6.61 Å². The average molecular weight is 362 g/mol. The Kier molecular flexibility index (Phi) is 7.09. The van der Waals surface area contributed by atoms with Crippen LogP contribution >= 0.6 is 0 Å². The second-order valence-electron chi connectivity index (χ2n) is 6.21. The summed E-state index contributed by atoms with van der Waals surface area (Å²) in [6.45, 7) is 5.30. The third-order valence-electron chi connectivity index (χ3n) is 4.06. The molecule has 0 aliphatic heterocycles. The Morgan fingerprint density at radius 1 is 1.15 bits per heavy atom. The van der Waals surface area contributed by atoms with E-state index in [1.54, 1.807) is 24.3 Å². The van der Waals surface area contributed by atoms with Crippen molar-refractivity contribution in [3.8, 4) is 5.75 Å². The van der Waals surface area contributed by atoms with Gasteiger partial charge in [0.05, 0.1) is 0 Å². The molecule has 140 valence electrons. The third kappa shape index (κ3) is 5.81. The SMILES string of the molecule is CCN(Cc1ccc(C(=O)Nc2cccc(OC(F)F)c2)cc1)C(C)C. The van der Waals surface area contributed by atoms with Crippen LogP contribution in [0.15, 0.2) is 48.5 Å². The van der Waals surface area contributed by atoms with Crippen LogP contribution in [0.2, 0.25) is 0 Å². The summed E-state index contributed by atoms with van der Waals surface area (Å²) in [5.41, 5.74) is 2.03. The second-order valence-corrected chi connectivity index (χ2v) is 6.21. The summed E-state index contributed by atoms with van der Waals surface area (Å²) in [6.07, 6.45) is 0. The molecule has 0 atom stereocenters. The van der Waals surface area contributed by atoms with Gasteiger partial charge in [0.2, 0.25) is 0 Å². The lowest BCUT2D eigenvalue weighted by molar-refractivity contribution is -0.0497. The quantitative estimate of drug-likeness (QED) is 0.735. The van der Waals surface area contributed by atoms with Crippen molar-refractivity contribution >= 4 is 11.6 Å². The smallest absolute Gasteiger partial charge is 0.387 e. The van der Waals surface area contributed by atoms with Gasteiger partial charge in [-0.1, -0.05) is 25.1 Å². The van der Waals surface area contributed by atoms with Gasteiger partial charge in [-0.05, 0) is 50.2 Å². The standard InChI is InChI=1S/C20H24F2N2O2/c1-4-24(14(2)3)13-15-8-10-16(11-9-15)19(25)23-17-6-5-7-18(12-17)26-20(21)22/h5-12,14,20H,4,13H2,1-3H3,(H,23,25). The number of carbonyl (C=O) groups is 1. The van der Waals surface area contributed by atoms with Crippen LogP contribution in [0.1, 0.15) is 36.7 Å². The predicted molar refractivity (Wildman–Crippen MR) is 98.7 cm³/mol. The molecule has 2 aromatic rings. The van der Waals surface area contributed by atoms with E-state index >= 15 is 0 Å². The highest BCUT2D eigenvalue weighted by Crippen LogP contribution is 2.20. The van der Waals surface area contributed by atoms with Gasteiger partial charge in [-0.25, -0.2) is 0 Å². The normalized spacial score (nSPS) is 11.2. The number of nitrogens with one attached hydrogen (secondary N) is 1. The minimum Gasteiger partial charge on any atom is -0.435 e. The fourth-order valence-corrected chi connectivity index (χ4v) is 2.61. The molecule has 0 aliphatic carbocycles. The number of anilines is 1. The van der Waals surface area contributed by atoms with Crippen molar-refractivity contribution in [2.45, 2.75) is 40.0 Å². The van der Waals surface area contributed by atoms with E-state index in [9.17, 15) is 13.6 Å². The molecule has 1 amide bonds. The van der Waals surface area contributed by atoms with Crippen molar-refractivity contribution in [3.63, 3.8) is 0 Å². The van der Waals surface area contributed by atoms with Crippen LogP contribution in [0.25, 0.3) is 0 Å².